The molecular weight excluding hydrogens is 432 g/mol. The van der Waals surface area contributed by atoms with Crippen molar-refractivity contribution in [2.24, 2.45) is 0 Å². The predicted molar refractivity (Wildman–Crippen MR) is 120 cm³/mol. The molecule has 1 fully saturated rings. The van der Waals surface area contributed by atoms with Crippen molar-refractivity contribution in [2.75, 3.05) is 19.1 Å². The van der Waals surface area contributed by atoms with Crippen LogP contribution in [-0.4, -0.2) is 36.0 Å². The number of Topliss-reactive ketones (excluding diaryl/α,β-unsaturated/α-hetero) is 1. The summed E-state index contributed by atoms with van der Waals surface area (Å²) in [6.45, 7) is 0. The van der Waals surface area contributed by atoms with Gasteiger partial charge in [0.2, 0.25) is 0 Å². The Morgan fingerprint density at radius 2 is 1.75 bits per heavy atom. The monoisotopic (exact) mass is 450 g/mol. The van der Waals surface area contributed by atoms with E-state index in [1.807, 2.05) is 0 Å². The van der Waals surface area contributed by atoms with Crippen LogP contribution in [0.4, 0.5) is 5.69 Å². The highest BCUT2D eigenvalue weighted by Crippen LogP contribution is 2.43. The minimum atomic E-state index is -0.908. The maximum absolute atomic E-state index is 13.1. The van der Waals surface area contributed by atoms with Crippen molar-refractivity contribution in [3.8, 4) is 11.5 Å². The Balaban J connectivity index is 1.96. The van der Waals surface area contributed by atoms with Crippen LogP contribution >= 0.6 is 11.6 Å². The number of benzene rings is 2. The number of hydrogen-bond acceptors (Lipinski definition) is 6. The molecule has 1 aliphatic rings. The zero-order valence-corrected chi connectivity index (χ0v) is 18.0. The van der Waals surface area contributed by atoms with Gasteiger partial charge in [-0.05, 0) is 54.1 Å². The minimum Gasteiger partial charge on any atom is -0.507 e. The number of aliphatic hydroxyl groups is 1. The highest BCUT2D eigenvalue weighted by atomic mass is 35.5. The summed E-state index contributed by atoms with van der Waals surface area (Å²) < 4.78 is 10.7. The SMILES string of the molecule is COc1ccc(C2C(=C(O)c3ccc(Cl)cc3)C(=O)C(=O)N2c2cccnc2)cc1OC. The van der Waals surface area contributed by atoms with Crippen LogP contribution in [0.1, 0.15) is 17.2 Å². The number of methoxy groups -OCH3 is 2. The molecule has 2 heterocycles. The third-order valence-corrected chi connectivity index (χ3v) is 5.46. The number of rotatable bonds is 5. The molecule has 0 bridgehead atoms. The second kappa shape index (κ2) is 8.72. The lowest BCUT2D eigenvalue weighted by molar-refractivity contribution is -0.132. The van der Waals surface area contributed by atoms with Gasteiger partial charge in [0, 0.05) is 16.8 Å². The lowest BCUT2D eigenvalue weighted by atomic mass is 9.95. The first-order chi connectivity index (χ1) is 15.5. The molecule has 0 saturated carbocycles. The first-order valence-electron chi connectivity index (χ1n) is 9.65. The molecule has 2 aromatic carbocycles. The van der Waals surface area contributed by atoms with Gasteiger partial charge >= 0.3 is 0 Å². The van der Waals surface area contributed by atoms with Gasteiger partial charge in [-0.3, -0.25) is 19.5 Å². The second-order valence-electron chi connectivity index (χ2n) is 7.00. The summed E-state index contributed by atoms with van der Waals surface area (Å²) >= 11 is 5.96. The summed E-state index contributed by atoms with van der Waals surface area (Å²) in [4.78, 5) is 31.6. The van der Waals surface area contributed by atoms with Gasteiger partial charge in [0.05, 0.1) is 37.7 Å². The Bertz CT molecular complexity index is 1210. The average molecular weight is 451 g/mol. The van der Waals surface area contributed by atoms with Gasteiger partial charge in [-0.2, -0.15) is 0 Å². The van der Waals surface area contributed by atoms with E-state index in [1.165, 1.54) is 25.3 Å². The number of carbonyl (C=O) groups excluding carboxylic acids is 2. The van der Waals surface area contributed by atoms with Crippen LogP contribution in [0.2, 0.25) is 5.02 Å². The normalized spacial score (nSPS) is 17.5. The van der Waals surface area contributed by atoms with E-state index in [4.69, 9.17) is 21.1 Å². The van der Waals surface area contributed by atoms with E-state index in [0.29, 0.717) is 33.3 Å². The van der Waals surface area contributed by atoms with Crippen molar-refractivity contribution in [2.45, 2.75) is 6.04 Å². The van der Waals surface area contributed by atoms with Crippen molar-refractivity contribution >= 4 is 34.7 Å². The number of halogens is 1. The summed E-state index contributed by atoms with van der Waals surface area (Å²) in [5, 5.41) is 11.6. The number of hydrogen-bond donors (Lipinski definition) is 1. The molecule has 8 heteroatoms. The van der Waals surface area contributed by atoms with Gasteiger partial charge < -0.3 is 14.6 Å². The number of nitrogens with zero attached hydrogens (tertiary/aromatic N) is 2. The van der Waals surface area contributed by atoms with Gasteiger partial charge in [-0.1, -0.05) is 17.7 Å². The molecule has 1 aromatic heterocycles. The molecule has 1 aliphatic heterocycles. The topological polar surface area (TPSA) is 89.0 Å². The van der Waals surface area contributed by atoms with E-state index in [9.17, 15) is 14.7 Å². The Morgan fingerprint density at radius 3 is 2.38 bits per heavy atom. The molecule has 32 heavy (non-hydrogen) atoms. The molecule has 4 rings (SSSR count). The zero-order valence-electron chi connectivity index (χ0n) is 17.3. The van der Waals surface area contributed by atoms with Crippen molar-refractivity contribution in [1.29, 1.82) is 0 Å². The highest BCUT2D eigenvalue weighted by molar-refractivity contribution is 6.51. The third-order valence-electron chi connectivity index (χ3n) is 5.21. The van der Waals surface area contributed by atoms with E-state index in [0.717, 1.165) is 0 Å². The smallest absolute Gasteiger partial charge is 0.300 e. The van der Waals surface area contributed by atoms with Gasteiger partial charge in [0.1, 0.15) is 5.76 Å². The van der Waals surface area contributed by atoms with Crippen LogP contribution in [0.3, 0.4) is 0 Å². The quantitative estimate of drug-likeness (QED) is 0.352. The molecule has 0 spiro atoms. The number of pyridine rings is 1. The molecule has 1 unspecified atom stereocenters. The molecule has 1 saturated heterocycles. The zero-order chi connectivity index (χ0) is 22.8. The fraction of sp³-hybridized carbons (Fsp3) is 0.125. The van der Waals surface area contributed by atoms with Crippen molar-refractivity contribution < 1.29 is 24.2 Å². The summed E-state index contributed by atoms with van der Waals surface area (Å²) in [5.41, 5.74) is 1.29. The molecular formula is C24H19ClN2O5. The van der Waals surface area contributed by atoms with E-state index >= 15 is 0 Å². The molecule has 0 aliphatic carbocycles. The third kappa shape index (κ3) is 3.67. The molecule has 1 N–H and O–H groups in total. The molecule has 7 nitrogen and oxygen atoms in total. The Morgan fingerprint density at radius 1 is 1.03 bits per heavy atom. The largest absolute Gasteiger partial charge is 0.507 e. The van der Waals surface area contributed by atoms with Crippen molar-refractivity contribution in [3.63, 3.8) is 0 Å². The predicted octanol–water partition coefficient (Wildman–Crippen LogP) is 4.38. The number of carbonyl (C=O) groups is 2. The van der Waals surface area contributed by atoms with Crippen LogP contribution in [0.5, 0.6) is 11.5 Å². The maximum atomic E-state index is 13.1. The van der Waals surface area contributed by atoms with Crippen molar-refractivity contribution in [3.05, 3.63) is 88.7 Å². The Labute approximate surface area is 189 Å². The fourth-order valence-corrected chi connectivity index (χ4v) is 3.82. The van der Waals surface area contributed by atoms with Crippen LogP contribution in [-0.2, 0) is 9.59 Å². The van der Waals surface area contributed by atoms with Gasteiger partial charge in [-0.25, -0.2) is 0 Å². The highest BCUT2D eigenvalue weighted by Gasteiger charge is 2.47. The maximum Gasteiger partial charge on any atom is 0.300 e. The number of anilines is 1. The molecule has 0 radical (unpaired) electrons. The lowest BCUT2D eigenvalue weighted by Gasteiger charge is -2.25. The minimum absolute atomic E-state index is 0.0478. The van der Waals surface area contributed by atoms with Crippen LogP contribution in [0.15, 0.2) is 72.6 Å². The van der Waals surface area contributed by atoms with Crippen LogP contribution in [0, 0.1) is 0 Å². The Hall–Kier alpha value is -3.84. The van der Waals surface area contributed by atoms with E-state index in [2.05, 4.69) is 4.98 Å². The first kappa shape index (κ1) is 21.4. The summed E-state index contributed by atoms with van der Waals surface area (Å²) in [7, 11) is 3.01. The second-order valence-corrected chi connectivity index (χ2v) is 7.44. The lowest BCUT2D eigenvalue weighted by Crippen LogP contribution is -2.29. The number of ketones is 1. The summed E-state index contributed by atoms with van der Waals surface area (Å²) in [6.07, 6.45) is 3.06. The average Bonchev–Trinajstić information content (AvgIpc) is 3.09. The fourth-order valence-electron chi connectivity index (χ4n) is 3.70. The number of aromatic nitrogens is 1. The first-order valence-corrected chi connectivity index (χ1v) is 10.0. The van der Waals surface area contributed by atoms with E-state index in [1.54, 1.807) is 60.8 Å². The summed E-state index contributed by atoms with van der Waals surface area (Å²) in [5.74, 6) is -0.957. The molecule has 162 valence electrons. The molecule has 1 atom stereocenters. The molecule has 1 amide bonds. The van der Waals surface area contributed by atoms with Gasteiger partial charge in [0.15, 0.2) is 11.5 Å². The van der Waals surface area contributed by atoms with Gasteiger partial charge in [-0.15, -0.1) is 0 Å². The Kier molecular flexibility index (Phi) is 5.83. The van der Waals surface area contributed by atoms with Crippen LogP contribution in [0.25, 0.3) is 5.76 Å². The van der Waals surface area contributed by atoms with E-state index < -0.39 is 17.7 Å². The van der Waals surface area contributed by atoms with Gasteiger partial charge in [0.25, 0.3) is 11.7 Å². The molecule has 3 aromatic rings. The summed E-state index contributed by atoms with van der Waals surface area (Å²) in [6, 6.07) is 13.9. The standard InChI is InChI=1S/C24H19ClN2O5/c1-31-18-10-7-15(12-19(18)32-2)21-20(22(28)14-5-8-16(25)9-6-14)23(29)24(30)27(21)17-4-3-11-26-13-17/h3-13,21,28H,1-2H3. The number of ether oxygens (including phenoxy) is 2. The van der Waals surface area contributed by atoms with Crippen molar-refractivity contribution in [1.82, 2.24) is 4.98 Å². The van der Waals surface area contributed by atoms with E-state index in [-0.39, 0.29) is 11.3 Å². The van der Waals surface area contributed by atoms with Crippen LogP contribution < -0.4 is 14.4 Å². The number of amides is 1. The number of aliphatic hydroxyl groups excluding tert-OH is 1.